The van der Waals surface area contributed by atoms with E-state index in [1.165, 1.54) is 0 Å². The Morgan fingerprint density at radius 2 is 1.90 bits per heavy atom. The van der Waals surface area contributed by atoms with Crippen molar-refractivity contribution in [1.29, 1.82) is 0 Å². The second-order valence-electron chi connectivity index (χ2n) is 4.60. The van der Waals surface area contributed by atoms with E-state index in [1.807, 2.05) is 42.5 Å². The Kier molecular flexibility index (Phi) is 5.60. The van der Waals surface area contributed by atoms with E-state index in [1.54, 1.807) is 12.1 Å². The molecule has 4 nitrogen and oxygen atoms in total. The molecule has 110 valence electrons. The van der Waals surface area contributed by atoms with Crippen molar-refractivity contribution in [1.82, 2.24) is 10.6 Å². The predicted octanol–water partition coefficient (Wildman–Crippen LogP) is 2.87. The first-order chi connectivity index (χ1) is 10.2. The van der Waals surface area contributed by atoms with Crippen LogP contribution in [0, 0.1) is 0 Å². The van der Waals surface area contributed by atoms with E-state index < -0.39 is 6.04 Å². The molecule has 0 aromatic heterocycles. The summed E-state index contributed by atoms with van der Waals surface area (Å²) >= 11 is 5.89. The van der Waals surface area contributed by atoms with E-state index in [4.69, 9.17) is 11.6 Å². The molecule has 2 rings (SSSR count). The first kappa shape index (κ1) is 15.4. The lowest BCUT2D eigenvalue weighted by Crippen LogP contribution is -2.38. The van der Waals surface area contributed by atoms with Gasteiger partial charge in [-0.3, -0.25) is 0 Å². The van der Waals surface area contributed by atoms with Gasteiger partial charge in [0.25, 0.3) is 0 Å². The number of hydrogen-bond donors (Lipinski definition) is 3. The Morgan fingerprint density at radius 3 is 2.57 bits per heavy atom. The minimum absolute atomic E-state index is 0.158. The van der Waals surface area contributed by atoms with Crippen LogP contribution in [0.15, 0.2) is 54.6 Å². The molecule has 0 saturated heterocycles. The number of amides is 2. The molecular formula is C16H17ClN2O2. The lowest BCUT2D eigenvalue weighted by Gasteiger charge is -2.17. The molecule has 0 aliphatic rings. The van der Waals surface area contributed by atoms with Crippen LogP contribution in [0.2, 0.25) is 5.02 Å². The molecule has 0 spiro atoms. The van der Waals surface area contributed by atoms with Gasteiger partial charge in [0, 0.05) is 11.6 Å². The fourth-order valence-corrected chi connectivity index (χ4v) is 2.17. The van der Waals surface area contributed by atoms with Crippen molar-refractivity contribution in [2.75, 3.05) is 6.61 Å². The predicted molar refractivity (Wildman–Crippen MR) is 83.1 cm³/mol. The van der Waals surface area contributed by atoms with Gasteiger partial charge in [0.05, 0.1) is 12.6 Å². The van der Waals surface area contributed by atoms with E-state index in [-0.39, 0.29) is 12.6 Å². The van der Waals surface area contributed by atoms with Crippen molar-refractivity contribution in [2.45, 2.75) is 12.6 Å². The SMILES string of the molecule is O=C(NCc1cccc(Cl)c1)NC(CO)c1ccccc1. The molecule has 0 aliphatic heterocycles. The Bertz CT molecular complexity index is 590. The van der Waals surface area contributed by atoms with Crippen molar-refractivity contribution in [3.8, 4) is 0 Å². The molecule has 2 aromatic carbocycles. The summed E-state index contributed by atoms with van der Waals surface area (Å²) in [5.74, 6) is 0. The number of hydrogen-bond acceptors (Lipinski definition) is 2. The van der Waals surface area contributed by atoms with Crippen LogP contribution in [-0.2, 0) is 6.54 Å². The molecule has 1 unspecified atom stereocenters. The summed E-state index contributed by atoms with van der Waals surface area (Å²) in [4.78, 5) is 11.9. The Balaban J connectivity index is 1.89. The number of carbonyl (C=O) groups excluding carboxylic acids is 1. The van der Waals surface area contributed by atoms with Gasteiger partial charge in [-0.1, -0.05) is 54.1 Å². The molecule has 5 heteroatoms. The van der Waals surface area contributed by atoms with Crippen molar-refractivity contribution in [3.63, 3.8) is 0 Å². The van der Waals surface area contributed by atoms with Crippen LogP contribution in [0.25, 0.3) is 0 Å². The number of carbonyl (C=O) groups is 1. The monoisotopic (exact) mass is 304 g/mol. The van der Waals surface area contributed by atoms with Gasteiger partial charge in [-0.2, -0.15) is 0 Å². The zero-order chi connectivity index (χ0) is 15.1. The van der Waals surface area contributed by atoms with Crippen molar-refractivity contribution in [3.05, 3.63) is 70.7 Å². The fraction of sp³-hybridized carbons (Fsp3) is 0.188. The molecule has 0 saturated carbocycles. The largest absolute Gasteiger partial charge is 0.394 e. The van der Waals surface area contributed by atoms with Gasteiger partial charge < -0.3 is 15.7 Å². The molecule has 0 bridgehead atoms. The number of nitrogens with one attached hydrogen (secondary N) is 2. The zero-order valence-corrected chi connectivity index (χ0v) is 12.2. The van der Waals surface area contributed by atoms with Crippen LogP contribution < -0.4 is 10.6 Å². The molecule has 0 heterocycles. The fourth-order valence-electron chi connectivity index (χ4n) is 1.96. The molecule has 0 fully saturated rings. The first-order valence-corrected chi connectivity index (χ1v) is 7.01. The summed E-state index contributed by atoms with van der Waals surface area (Å²) in [7, 11) is 0. The van der Waals surface area contributed by atoms with Crippen molar-refractivity contribution in [2.24, 2.45) is 0 Å². The Hall–Kier alpha value is -2.04. The lowest BCUT2D eigenvalue weighted by molar-refractivity contribution is 0.216. The van der Waals surface area contributed by atoms with E-state index in [2.05, 4.69) is 10.6 Å². The summed E-state index contributed by atoms with van der Waals surface area (Å²) in [5.41, 5.74) is 1.77. The summed E-state index contributed by atoms with van der Waals surface area (Å²) in [6, 6.07) is 15.9. The van der Waals surface area contributed by atoms with E-state index in [0.717, 1.165) is 11.1 Å². The van der Waals surface area contributed by atoms with Crippen molar-refractivity contribution < 1.29 is 9.90 Å². The average Bonchev–Trinajstić information content (AvgIpc) is 2.51. The third-order valence-corrected chi connectivity index (χ3v) is 3.27. The van der Waals surface area contributed by atoms with E-state index in [9.17, 15) is 9.90 Å². The molecule has 2 aromatic rings. The van der Waals surface area contributed by atoms with Gasteiger partial charge in [-0.05, 0) is 23.3 Å². The van der Waals surface area contributed by atoms with Gasteiger partial charge in [0.1, 0.15) is 0 Å². The van der Waals surface area contributed by atoms with Gasteiger partial charge in [0.2, 0.25) is 0 Å². The van der Waals surface area contributed by atoms with Gasteiger partial charge in [0.15, 0.2) is 0 Å². The Labute approximate surface area is 128 Å². The second kappa shape index (κ2) is 7.67. The standard InChI is InChI=1S/C16H17ClN2O2/c17-14-8-4-5-12(9-14)10-18-16(21)19-15(11-20)13-6-2-1-3-7-13/h1-9,15,20H,10-11H2,(H2,18,19,21). The van der Waals surface area contributed by atoms with Crippen molar-refractivity contribution >= 4 is 17.6 Å². The molecule has 3 N–H and O–H groups in total. The molecule has 0 radical (unpaired) electrons. The maximum absolute atomic E-state index is 11.9. The lowest BCUT2D eigenvalue weighted by atomic mass is 10.1. The summed E-state index contributed by atoms with van der Waals surface area (Å²) in [6.07, 6.45) is 0. The summed E-state index contributed by atoms with van der Waals surface area (Å²) in [6.45, 7) is 0.216. The number of halogens is 1. The molecular weight excluding hydrogens is 288 g/mol. The third kappa shape index (κ3) is 4.77. The van der Waals surface area contributed by atoms with Crippen LogP contribution >= 0.6 is 11.6 Å². The highest BCUT2D eigenvalue weighted by atomic mass is 35.5. The molecule has 0 aliphatic carbocycles. The van der Waals surface area contributed by atoms with Crippen LogP contribution in [-0.4, -0.2) is 17.7 Å². The summed E-state index contributed by atoms with van der Waals surface area (Å²) in [5, 5.41) is 15.5. The minimum Gasteiger partial charge on any atom is -0.394 e. The number of aliphatic hydroxyl groups excluding tert-OH is 1. The van der Waals surface area contributed by atoms with Crippen LogP contribution in [0.5, 0.6) is 0 Å². The smallest absolute Gasteiger partial charge is 0.315 e. The highest BCUT2D eigenvalue weighted by Crippen LogP contribution is 2.12. The van der Waals surface area contributed by atoms with Gasteiger partial charge >= 0.3 is 6.03 Å². The second-order valence-corrected chi connectivity index (χ2v) is 5.04. The summed E-state index contributed by atoms with van der Waals surface area (Å²) < 4.78 is 0. The van der Waals surface area contributed by atoms with E-state index >= 15 is 0 Å². The molecule has 2 amide bonds. The third-order valence-electron chi connectivity index (χ3n) is 3.03. The Morgan fingerprint density at radius 1 is 1.14 bits per heavy atom. The maximum atomic E-state index is 11.9. The number of rotatable bonds is 5. The highest BCUT2D eigenvalue weighted by Gasteiger charge is 2.12. The molecule has 1 atom stereocenters. The normalized spacial score (nSPS) is 11.7. The van der Waals surface area contributed by atoms with Crippen LogP contribution in [0.4, 0.5) is 4.79 Å². The average molecular weight is 305 g/mol. The van der Waals surface area contributed by atoms with E-state index in [0.29, 0.717) is 11.6 Å². The number of urea groups is 1. The number of benzene rings is 2. The van der Waals surface area contributed by atoms with Gasteiger partial charge in [-0.15, -0.1) is 0 Å². The zero-order valence-electron chi connectivity index (χ0n) is 11.4. The minimum atomic E-state index is -0.425. The maximum Gasteiger partial charge on any atom is 0.315 e. The van der Waals surface area contributed by atoms with Gasteiger partial charge in [-0.25, -0.2) is 4.79 Å². The first-order valence-electron chi connectivity index (χ1n) is 6.63. The number of aliphatic hydroxyl groups is 1. The topological polar surface area (TPSA) is 61.4 Å². The molecule has 21 heavy (non-hydrogen) atoms. The quantitative estimate of drug-likeness (QED) is 0.795. The van der Waals surface area contributed by atoms with Crippen LogP contribution in [0.1, 0.15) is 17.2 Å². The van der Waals surface area contributed by atoms with Crippen LogP contribution in [0.3, 0.4) is 0 Å². The highest BCUT2D eigenvalue weighted by molar-refractivity contribution is 6.30.